The molecule has 0 radical (unpaired) electrons. The summed E-state index contributed by atoms with van der Waals surface area (Å²) in [4.78, 5) is 17.6. The zero-order chi connectivity index (χ0) is 30.2. The summed E-state index contributed by atoms with van der Waals surface area (Å²) in [6.45, 7) is 3.03. The Morgan fingerprint density at radius 2 is 1.31 bits per heavy atom. The summed E-state index contributed by atoms with van der Waals surface area (Å²) in [5.41, 5.74) is 15.6. The van der Waals surface area contributed by atoms with E-state index in [9.17, 15) is 4.79 Å². The van der Waals surface area contributed by atoms with Crippen LogP contribution in [0, 0.1) is 0 Å². The third-order valence-corrected chi connectivity index (χ3v) is 6.68. The topological polar surface area (TPSA) is 99.8 Å². The van der Waals surface area contributed by atoms with Crippen molar-refractivity contribution in [1.82, 2.24) is 0 Å². The van der Waals surface area contributed by atoms with E-state index in [1.807, 2.05) is 52.5 Å². The summed E-state index contributed by atoms with van der Waals surface area (Å²) in [7, 11) is 8.14. The number of hydrogen-bond donors (Lipinski definition) is 0. The number of allylic oxidation sites excluding steroid dienone is 5. The van der Waals surface area contributed by atoms with E-state index in [4.69, 9.17) is 19.7 Å². The van der Waals surface area contributed by atoms with Crippen LogP contribution in [0.1, 0.15) is 34.3 Å². The average molecular weight is 573 g/mol. The van der Waals surface area contributed by atoms with Gasteiger partial charge in [0.15, 0.2) is 11.5 Å². The Bertz CT molecular complexity index is 1310. The van der Waals surface area contributed by atoms with E-state index in [1.54, 1.807) is 0 Å². The lowest BCUT2D eigenvalue weighted by Crippen LogP contribution is -2.11. The predicted molar refractivity (Wildman–Crippen MR) is 169 cm³/mol. The molecule has 0 saturated heterocycles. The van der Waals surface area contributed by atoms with Crippen LogP contribution in [-0.4, -0.2) is 90.4 Å². The van der Waals surface area contributed by atoms with E-state index < -0.39 is 0 Å². The second-order valence-corrected chi connectivity index (χ2v) is 10.2. The minimum absolute atomic E-state index is 0.103. The molecule has 222 valence electrons. The molecule has 0 aromatic heterocycles. The standard InChI is InChI=1S/C33H42N5O4/c1-37(2)30-15-11-28(12-16-30)33(29-13-17-31(18-14-29)38(3)4)27-9-7-26(8-10-27)32(39)6-5-20-40-22-24-42-25-23-41-21-19-35-36-34/h7-18H,5-6,19-25H2,1-4H3/q+1. The molecule has 3 rings (SSSR count). The summed E-state index contributed by atoms with van der Waals surface area (Å²) >= 11 is 0. The minimum atomic E-state index is 0.103. The van der Waals surface area contributed by atoms with Gasteiger partial charge in [0.05, 0.1) is 33.0 Å². The normalized spacial score (nSPS) is 12.3. The molecule has 0 bridgehead atoms. The molecule has 0 saturated carbocycles. The number of carbonyl (C=O) groups excluding carboxylic acids is 1. The highest BCUT2D eigenvalue weighted by molar-refractivity contribution is 6.04. The lowest BCUT2D eigenvalue weighted by molar-refractivity contribution is -0.462. The molecule has 0 amide bonds. The molecule has 0 N–H and O–H groups in total. The lowest BCUT2D eigenvalue weighted by atomic mass is 9.90. The number of anilines is 1. The third kappa shape index (κ3) is 10.4. The first kappa shape index (κ1) is 32.5. The van der Waals surface area contributed by atoms with Crippen LogP contribution in [0.5, 0.6) is 0 Å². The van der Waals surface area contributed by atoms with Gasteiger partial charge < -0.3 is 19.1 Å². The average Bonchev–Trinajstić information content (AvgIpc) is 3.00. The zero-order valence-electron chi connectivity index (χ0n) is 25.2. The number of Topliss-reactive ketones (excluding diaryl/α,β-unsaturated/α-hetero) is 1. The Labute approximate surface area is 249 Å². The molecule has 0 heterocycles. The molecule has 1 aliphatic rings. The molecule has 0 fully saturated rings. The Morgan fingerprint density at radius 1 is 0.786 bits per heavy atom. The lowest BCUT2D eigenvalue weighted by Gasteiger charge is -2.17. The molecular weight excluding hydrogens is 530 g/mol. The third-order valence-electron chi connectivity index (χ3n) is 6.68. The fourth-order valence-corrected chi connectivity index (χ4v) is 4.35. The highest BCUT2D eigenvalue weighted by Gasteiger charge is 2.14. The van der Waals surface area contributed by atoms with Crippen LogP contribution < -0.4 is 4.90 Å². The summed E-state index contributed by atoms with van der Waals surface area (Å²) in [5.74, 6) is 0.103. The van der Waals surface area contributed by atoms with Gasteiger partial charge in [0.2, 0.25) is 0 Å². The molecule has 0 atom stereocenters. The van der Waals surface area contributed by atoms with Gasteiger partial charge in [-0.3, -0.25) is 4.79 Å². The van der Waals surface area contributed by atoms with Crippen LogP contribution in [-0.2, 0) is 14.2 Å². The largest absolute Gasteiger partial charge is 0.379 e. The van der Waals surface area contributed by atoms with E-state index >= 15 is 0 Å². The maximum atomic E-state index is 12.8. The predicted octanol–water partition coefficient (Wildman–Crippen LogP) is 5.72. The number of rotatable bonds is 17. The van der Waals surface area contributed by atoms with Crippen molar-refractivity contribution >= 4 is 22.8 Å². The second kappa shape index (κ2) is 17.7. The number of hydrogen-bond acceptors (Lipinski definition) is 6. The quantitative estimate of drug-likeness (QED) is 0.0603. The molecule has 0 aliphatic heterocycles. The fraction of sp³-hybridized carbons (Fsp3) is 0.394. The summed E-state index contributed by atoms with van der Waals surface area (Å²) in [6, 6.07) is 16.5. The van der Waals surface area contributed by atoms with Crippen molar-refractivity contribution in [3.05, 3.63) is 106 Å². The van der Waals surface area contributed by atoms with Gasteiger partial charge in [-0.2, -0.15) is 0 Å². The Hall–Kier alpha value is -4.01. The van der Waals surface area contributed by atoms with Gasteiger partial charge in [0.25, 0.3) is 0 Å². The molecule has 0 unspecified atom stereocenters. The summed E-state index contributed by atoms with van der Waals surface area (Å²) in [6.07, 6.45) is 9.62. The maximum absolute atomic E-state index is 12.8. The van der Waals surface area contributed by atoms with Crippen molar-refractivity contribution in [2.24, 2.45) is 5.11 Å². The molecule has 2 aromatic carbocycles. The van der Waals surface area contributed by atoms with Crippen molar-refractivity contribution < 1.29 is 23.6 Å². The number of azide groups is 1. The first-order valence-electron chi connectivity index (χ1n) is 14.2. The van der Waals surface area contributed by atoms with Crippen molar-refractivity contribution in [2.75, 3.05) is 79.3 Å². The van der Waals surface area contributed by atoms with E-state index in [2.05, 4.69) is 68.1 Å². The Morgan fingerprint density at radius 3 is 1.86 bits per heavy atom. The van der Waals surface area contributed by atoms with Crippen LogP contribution in [0.4, 0.5) is 5.69 Å². The van der Waals surface area contributed by atoms with Gasteiger partial charge in [0.1, 0.15) is 14.1 Å². The van der Waals surface area contributed by atoms with Crippen LogP contribution in [0.15, 0.2) is 83.5 Å². The molecule has 2 aromatic rings. The number of nitrogens with zero attached hydrogens (tertiary/aromatic N) is 5. The van der Waals surface area contributed by atoms with Crippen molar-refractivity contribution in [3.8, 4) is 0 Å². The first-order chi connectivity index (χ1) is 20.4. The van der Waals surface area contributed by atoms with Crippen LogP contribution >= 0.6 is 0 Å². The maximum Gasteiger partial charge on any atom is 0.199 e. The number of ether oxygens (including phenoxy) is 3. The molecular formula is C33H42N5O4+. The minimum Gasteiger partial charge on any atom is -0.379 e. The van der Waals surface area contributed by atoms with Crippen LogP contribution in [0.2, 0.25) is 0 Å². The SMILES string of the molecule is CN(C)c1ccc(C(=C2C=CC(=[N+](C)C)C=C2)c2ccc(C(=O)CCCOCCOCCOCCN=[N+]=[N-])cc2)cc1. The van der Waals surface area contributed by atoms with E-state index in [-0.39, 0.29) is 5.78 Å². The molecule has 9 nitrogen and oxygen atoms in total. The monoisotopic (exact) mass is 572 g/mol. The van der Waals surface area contributed by atoms with Gasteiger partial charge in [-0.05, 0) is 58.5 Å². The molecule has 9 heteroatoms. The Kier molecular flexibility index (Phi) is 13.7. The number of carbonyl (C=O) groups is 1. The van der Waals surface area contributed by atoms with Gasteiger partial charge in [0, 0.05) is 62.0 Å². The van der Waals surface area contributed by atoms with Gasteiger partial charge in [-0.1, -0.05) is 41.5 Å². The van der Waals surface area contributed by atoms with E-state index in [0.29, 0.717) is 64.6 Å². The first-order valence-corrected chi connectivity index (χ1v) is 14.2. The van der Waals surface area contributed by atoms with Crippen molar-refractivity contribution in [1.29, 1.82) is 0 Å². The van der Waals surface area contributed by atoms with Crippen molar-refractivity contribution in [2.45, 2.75) is 12.8 Å². The molecule has 42 heavy (non-hydrogen) atoms. The fourth-order valence-electron chi connectivity index (χ4n) is 4.35. The van der Waals surface area contributed by atoms with E-state index in [1.165, 1.54) is 0 Å². The van der Waals surface area contributed by atoms with Gasteiger partial charge in [-0.25, -0.2) is 4.58 Å². The highest BCUT2D eigenvalue weighted by atomic mass is 16.5. The number of benzene rings is 2. The number of ketones is 1. The smallest absolute Gasteiger partial charge is 0.199 e. The van der Waals surface area contributed by atoms with Crippen LogP contribution in [0.25, 0.3) is 16.0 Å². The molecule has 0 spiro atoms. The van der Waals surface area contributed by atoms with Crippen molar-refractivity contribution in [3.63, 3.8) is 0 Å². The second-order valence-electron chi connectivity index (χ2n) is 10.2. The zero-order valence-corrected chi connectivity index (χ0v) is 25.2. The Balaban J connectivity index is 1.54. The van der Waals surface area contributed by atoms with Crippen LogP contribution in [0.3, 0.4) is 0 Å². The summed E-state index contributed by atoms with van der Waals surface area (Å²) in [5, 5.41) is 3.39. The van der Waals surface area contributed by atoms with Gasteiger partial charge >= 0.3 is 0 Å². The summed E-state index contributed by atoms with van der Waals surface area (Å²) < 4.78 is 18.4. The highest BCUT2D eigenvalue weighted by Crippen LogP contribution is 2.31. The molecule has 1 aliphatic carbocycles. The van der Waals surface area contributed by atoms with Gasteiger partial charge in [-0.15, -0.1) is 0 Å². The van der Waals surface area contributed by atoms with E-state index in [0.717, 1.165) is 33.7 Å².